The smallest absolute Gasteiger partial charge is 0.387 e. The second-order valence-electron chi connectivity index (χ2n) is 19.6. The molecule has 0 fully saturated rings. The van der Waals surface area contributed by atoms with Crippen LogP contribution in [-0.4, -0.2) is 73.4 Å². The van der Waals surface area contributed by atoms with Crippen molar-refractivity contribution >= 4 is 13.7 Å². The van der Waals surface area contributed by atoms with Gasteiger partial charge in [0.25, 0.3) is 0 Å². The third kappa shape index (κ3) is 47.0. The van der Waals surface area contributed by atoms with Crippen LogP contribution in [0.1, 0.15) is 258 Å². The number of unbranched alkanes of at least 4 members (excludes halogenated alkanes) is 34. The lowest BCUT2D eigenvalue weighted by atomic mass is 10.0. The van der Waals surface area contributed by atoms with E-state index in [1.54, 1.807) is 6.08 Å². The molecule has 0 aromatic heterocycles. The minimum absolute atomic E-state index is 0.0613. The van der Waals surface area contributed by atoms with Gasteiger partial charge in [-0.25, -0.2) is 4.57 Å². The molecule has 3 unspecified atom stereocenters. The van der Waals surface area contributed by atoms with Crippen LogP contribution in [0.5, 0.6) is 0 Å². The van der Waals surface area contributed by atoms with Crippen molar-refractivity contribution in [3.05, 3.63) is 24.3 Å². The minimum atomic E-state index is -4.34. The summed E-state index contributed by atoms with van der Waals surface area (Å²) in [5.41, 5.74) is 0. The van der Waals surface area contributed by atoms with Crippen LogP contribution in [-0.2, 0) is 18.4 Å². The van der Waals surface area contributed by atoms with Crippen molar-refractivity contribution < 1.29 is 32.9 Å². The third-order valence-electron chi connectivity index (χ3n) is 12.2. The number of hydrogen-bond donors (Lipinski definition) is 3. The highest BCUT2D eigenvalue weighted by molar-refractivity contribution is 7.47. The van der Waals surface area contributed by atoms with Crippen LogP contribution >= 0.6 is 7.82 Å². The molecule has 1 amide bonds. The number of amides is 1. The first kappa shape index (κ1) is 61.0. The van der Waals surface area contributed by atoms with Crippen molar-refractivity contribution in [3.8, 4) is 0 Å². The van der Waals surface area contributed by atoms with Crippen molar-refractivity contribution in [2.75, 3.05) is 40.9 Å². The van der Waals surface area contributed by atoms with Crippen molar-refractivity contribution in [1.29, 1.82) is 0 Å². The van der Waals surface area contributed by atoms with E-state index in [1.165, 1.54) is 186 Å². The van der Waals surface area contributed by atoms with E-state index in [0.29, 0.717) is 17.4 Å². The molecule has 62 heavy (non-hydrogen) atoms. The highest BCUT2D eigenvalue weighted by Gasteiger charge is 2.27. The largest absolute Gasteiger partial charge is 0.472 e. The molecule has 0 aliphatic heterocycles. The van der Waals surface area contributed by atoms with E-state index in [-0.39, 0.29) is 19.1 Å². The number of phosphoric acid groups is 1. The summed E-state index contributed by atoms with van der Waals surface area (Å²) in [5.74, 6) is -0.184. The zero-order chi connectivity index (χ0) is 45.7. The number of hydrogen-bond acceptors (Lipinski definition) is 5. The number of allylic oxidation sites excluding steroid dienone is 3. The summed E-state index contributed by atoms with van der Waals surface area (Å²) in [7, 11) is 1.57. The Morgan fingerprint density at radius 2 is 0.871 bits per heavy atom. The summed E-state index contributed by atoms with van der Waals surface area (Å²) in [5, 5.41) is 13.9. The van der Waals surface area contributed by atoms with E-state index in [1.807, 2.05) is 27.2 Å². The molecule has 0 saturated heterocycles. The van der Waals surface area contributed by atoms with Gasteiger partial charge in [-0.15, -0.1) is 0 Å². The second kappa shape index (κ2) is 45.1. The standard InChI is InChI=1S/C53H105N2O6P/c1-6-8-10-12-14-16-18-20-22-23-24-25-26-27-28-29-30-31-32-33-34-36-38-40-42-44-46-52(56)51(50-61-62(58,59)60-49-48-55(3,4)5)54-53(57)47-45-43-41-39-37-35-21-19-17-15-13-11-9-7-2/h19,21,44,46,51-52,56H,6-18,20,22-43,45,47-50H2,1-5H3,(H-,54,57,58,59)/p+1/b21-19-,46-44+. The van der Waals surface area contributed by atoms with Gasteiger partial charge in [-0.1, -0.05) is 231 Å². The molecule has 368 valence electrons. The maximum Gasteiger partial charge on any atom is 0.472 e. The van der Waals surface area contributed by atoms with E-state index in [9.17, 15) is 19.4 Å². The number of carbonyl (C=O) groups excluding carboxylic acids is 1. The number of nitrogens with zero attached hydrogens (tertiary/aromatic N) is 1. The fourth-order valence-electron chi connectivity index (χ4n) is 7.92. The molecule has 0 aliphatic rings. The normalized spacial score (nSPS) is 14.2. The first-order valence-electron chi connectivity index (χ1n) is 26.7. The Hall–Kier alpha value is -1.02. The molecule has 0 heterocycles. The maximum atomic E-state index is 12.9. The average molecular weight is 898 g/mol. The van der Waals surface area contributed by atoms with Crippen molar-refractivity contribution in [1.82, 2.24) is 5.32 Å². The Kier molecular flexibility index (Phi) is 44.4. The molecule has 0 saturated carbocycles. The number of quaternary nitrogens is 1. The zero-order valence-electron chi connectivity index (χ0n) is 41.9. The van der Waals surface area contributed by atoms with E-state index < -0.39 is 20.0 Å². The summed E-state index contributed by atoms with van der Waals surface area (Å²) < 4.78 is 23.6. The summed E-state index contributed by atoms with van der Waals surface area (Å²) in [6, 6.07) is -0.848. The molecule has 0 rings (SSSR count). The lowest BCUT2D eigenvalue weighted by Crippen LogP contribution is -2.45. The Balaban J connectivity index is 4.20. The summed E-state index contributed by atoms with van der Waals surface area (Å²) in [6.07, 6.45) is 55.6. The molecule has 0 aliphatic carbocycles. The number of phosphoric ester groups is 1. The average Bonchev–Trinajstić information content (AvgIpc) is 3.23. The Labute approximate surface area is 385 Å². The van der Waals surface area contributed by atoms with Crippen LogP contribution in [0.2, 0.25) is 0 Å². The molecular weight excluding hydrogens is 792 g/mol. The van der Waals surface area contributed by atoms with Crippen LogP contribution in [0.25, 0.3) is 0 Å². The Morgan fingerprint density at radius 1 is 0.532 bits per heavy atom. The van der Waals surface area contributed by atoms with Gasteiger partial charge in [-0.05, 0) is 44.9 Å². The number of nitrogens with one attached hydrogen (secondary N) is 1. The number of aliphatic hydroxyl groups excluding tert-OH is 1. The number of carbonyl (C=O) groups is 1. The van der Waals surface area contributed by atoms with Crippen LogP contribution in [0, 0.1) is 0 Å². The van der Waals surface area contributed by atoms with Crippen molar-refractivity contribution in [3.63, 3.8) is 0 Å². The molecule has 0 aromatic carbocycles. The predicted octanol–water partition coefficient (Wildman–Crippen LogP) is 15.6. The van der Waals surface area contributed by atoms with Gasteiger partial charge in [-0.3, -0.25) is 13.8 Å². The van der Waals surface area contributed by atoms with Gasteiger partial charge in [0, 0.05) is 6.42 Å². The minimum Gasteiger partial charge on any atom is -0.387 e. The molecule has 0 radical (unpaired) electrons. The fourth-order valence-corrected chi connectivity index (χ4v) is 8.66. The fraction of sp³-hybridized carbons (Fsp3) is 0.906. The SMILES string of the molecule is CCCCCCC/C=C\CCCCCCCC(=O)NC(COP(=O)(O)OCC[N+](C)(C)C)C(O)/C=C/CCCCCCCCCCCCCCCCCCCCCCCCCC. The third-order valence-corrected chi connectivity index (χ3v) is 13.1. The summed E-state index contributed by atoms with van der Waals surface area (Å²) >= 11 is 0. The number of aliphatic hydroxyl groups is 1. The Morgan fingerprint density at radius 3 is 1.24 bits per heavy atom. The van der Waals surface area contributed by atoms with Gasteiger partial charge in [0.2, 0.25) is 5.91 Å². The number of rotatable bonds is 49. The first-order chi connectivity index (χ1) is 30.0. The van der Waals surface area contributed by atoms with Crippen LogP contribution in [0.4, 0.5) is 0 Å². The molecule has 0 spiro atoms. The molecule has 9 heteroatoms. The quantitative estimate of drug-likeness (QED) is 0.0243. The maximum absolute atomic E-state index is 12.9. The molecule has 3 N–H and O–H groups in total. The topological polar surface area (TPSA) is 105 Å². The van der Waals surface area contributed by atoms with Gasteiger partial charge in [0.05, 0.1) is 39.9 Å². The van der Waals surface area contributed by atoms with Gasteiger partial charge in [0.15, 0.2) is 0 Å². The van der Waals surface area contributed by atoms with Crippen LogP contribution in [0.3, 0.4) is 0 Å². The molecule has 8 nitrogen and oxygen atoms in total. The van der Waals surface area contributed by atoms with E-state index in [4.69, 9.17) is 9.05 Å². The Bertz CT molecular complexity index is 1060. The van der Waals surface area contributed by atoms with Crippen molar-refractivity contribution in [2.45, 2.75) is 270 Å². The van der Waals surface area contributed by atoms with Gasteiger partial charge in [0.1, 0.15) is 13.2 Å². The molecule has 0 aromatic rings. The van der Waals surface area contributed by atoms with Gasteiger partial charge in [-0.2, -0.15) is 0 Å². The van der Waals surface area contributed by atoms with E-state index in [2.05, 4.69) is 31.3 Å². The molecule has 0 bridgehead atoms. The van der Waals surface area contributed by atoms with Crippen LogP contribution in [0.15, 0.2) is 24.3 Å². The van der Waals surface area contributed by atoms with Gasteiger partial charge >= 0.3 is 7.82 Å². The molecule has 3 atom stereocenters. The zero-order valence-corrected chi connectivity index (χ0v) is 42.8. The molecular formula is C53H106N2O6P+. The van der Waals surface area contributed by atoms with E-state index >= 15 is 0 Å². The van der Waals surface area contributed by atoms with E-state index in [0.717, 1.165) is 51.4 Å². The lowest BCUT2D eigenvalue weighted by Gasteiger charge is -2.25. The first-order valence-corrected chi connectivity index (χ1v) is 28.2. The highest BCUT2D eigenvalue weighted by Crippen LogP contribution is 2.43. The van der Waals surface area contributed by atoms with Crippen molar-refractivity contribution in [2.24, 2.45) is 0 Å². The highest BCUT2D eigenvalue weighted by atomic mass is 31.2. The monoisotopic (exact) mass is 898 g/mol. The van der Waals surface area contributed by atoms with Gasteiger partial charge < -0.3 is 19.8 Å². The summed E-state index contributed by atoms with van der Waals surface area (Å²) in [6.45, 7) is 4.82. The second-order valence-corrected chi connectivity index (χ2v) is 21.1. The lowest BCUT2D eigenvalue weighted by molar-refractivity contribution is -0.870. The van der Waals surface area contributed by atoms with Crippen LogP contribution < -0.4 is 5.32 Å². The summed E-state index contributed by atoms with van der Waals surface area (Å²) in [4.78, 5) is 23.2. The predicted molar refractivity (Wildman–Crippen MR) is 268 cm³/mol. The number of likely N-dealkylation sites (N-methyl/N-ethyl adjacent to an activating group) is 1.